The largest absolute Gasteiger partial charge is 0.381 e. The molecule has 2 nitrogen and oxygen atoms in total. The summed E-state index contributed by atoms with van der Waals surface area (Å²) in [5.41, 5.74) is 0.626. The third kappa shape index (κ3) is 2.87. The molecule has 1 aromatic rings. The minimum absolute atomic E-state index is 0.0388. The fourth-order valence-electron chi connectivity index (χ4n) is 2.35. The minimum atomic E-state index is -0.344. The Bertz CT molecular complexity index is 424. The predicted octanol–water partition coefficient (Wildman–Crippen LogP) is 3.93. The highest BCUT2D eigenvalue weighted by molar-refractivity contribution is 9.10. The zero-order valence-electron chi connectivity index (χ0n) is 10.2. The molecule has 0 amide bonds. The van der Waals surface area contributed by atoms with E-state index < -0.39 is 0 Å². The second-order valence-corrected chi connectivity index (χ2v) is 5.66. The maximum Gasteiger partial charge on any atom is 0.147 e. The molecule has 0 saturated carbocycles. The number of rotatable bonds is 4. The lowest BCUT2D eigenvalue weighted by Gasteiger charge is -2.24. The molecule has 1 heterocycles. The summed E-state index contributed by atoms with van der Waals surface area (Å²) in [6.07, 6.45) is 0.949. The van der Waals surface area contributed by atoms with Crippen molar-refractivity contribution in [1.82, 2.24) is 5.32 Å². The molecule has 1 aromatic carbocycles. The highest BCUT2D eigenvalue weighted by Gasteiger charge is 2.29. The zero-order chi connectivity index (χ0) is 13.1. The number of hydrogen-bond donors (Lipinski definition) is 1. The smallest absolute Gasteiger partial charge is 0.147 e. The van der Waals surface area contributed by atoms with Crippen LogP contribution in [-0.2, 0) is 4.74 Å². The van der Waals surface area contributed by atoms with E-state index >= 15 is 0 Å². The molecule has 100 valence electrons. The Labute approximate surface area is 120 Å². The Balaban J connectivity index is 2.32. The molecule has 2 atom stereocenters. The second kappa shape index (κ2) is 6.33. The Morgan fingerprint density at radius 1 is 1.61 bits per heavy atom. The molecule has 1 aliphatic rings. The van der Waals surface area contributed by atoms with Crippen molar-refractivity contribution in [2.45, 2.75) is 19.4 Å². The summed E-state index contributed by atoms with van der Waals surface area (Å²) in [6.45, 7) is 4.22. The Morgan fingerprint density at radius 3 is 3.00 bits per heavy atom. The summed E-state index contributed by atoms with van der Waals surface area (Å²) < 4.78 is 20.2. The lowest BCUT2D eigenvalue weighted by molar-refractivity contribution is 0.176. The van der Waals surface area contributed by atoms with E-state index in [9.17, 15) is 4.39 Å². The van der Waals surface area contributed by atoms with Gasteiger partial charge in [0.05, 0.1) is 11.6 Å². The van der Waals surface area contributed by atoms with E-state index in [0.29, 0.717) is 22.6 Å². The molecule has 0 spiro atoms. The van der Waals surface area contributed by atoms with Gasteiger partial charge in [0.1, 0.15) is 5.82 Å². The monoisotopic (exact) mass is 335 g/mol. The van der Waals surface area contributed by atoms with Crippen LogP contribution in [0, 0.1) is 11.7 Å². The predicted molar refractivity (Wildman–Crippen MR) is 74.5 cm³/mol. The quantitative estimate of drug-likeness (QED) is 0.841. The Kier molecular flexibility index (Phi) is 5.01. The fourth-order valence-corrected chi connectivity index (χ4v) is 2.83. The van der Waals surface area contributed by atoms with Crippen molar-refractivity contribution in [3.63, 3.8) is 0 Å². The van der Waals surface area contributed by atoms with Crippen LogP contribution in [0.5, 0.6) is 0 Å². The van der Waals surface area contributed by atoms with Gasteiger partial charge >= 0.3 is 0 Å². The second-order valence-electron chi connectivity index (χ2n) is 4.42. The van der Waals surface area contributed by atoms with E-state index in [1.54, 1.807) is 12.1 Å². The molecule has 0 bridgehead atoms. The van der Waals surface area contributed by atoms with Crippen LogP contribution in [0.2, 0.25) is 5.02 Å². The molecule has 1 fully saturated rings. The van der Waals surface area contributed by atoms with Crippen molar-refractivity contribution in [2.75, 3.05) is 19.8 Å². The molecule has 1 N–H and O–H groups in total. The van der Waals surface area contributed by atoms with Gasteiger partial charge in [0.15, 0.2) is 0 Å². The summed E-state index contributed by atoms with van der Waals surface area (Å²) >= 11 is 9.19. The topological polar surface area (TPSA) is 21.3 Å². The van der Waals surface area contributed by atoms with Crippen molar-refractivity contribution >= 4 is 27.5 Å². The third-order valence-corrected chi connectivity index (χ3v) is 4.52. The number of halogens is 3. The fraction of sp³-hybridized carbons (Fsp3) is 0.538. The van der Waals surface area contributed by atoms with Crippen LogP contribution in [0.15, 0.2) is 16.6 Å². The van der Waals surface area contributed by atoms with Crippen molar-refractivity contribution in [2.24, 2.45) is 5.92 Å². The average Bonchev–Trinajstić information content (AvgIpc) is 2.88. The lowest BCUT2D eigenvalue weighted by atomic mass is 9.92. The molecule has 2 rings (SSSR count). The summed E-state index contributed by atoms with van der Waals surface area (Å²) in [6, 6.07) is 3.54. The molecule has 2 unspecified atom stereocenters. The van der Waals surface area contributed by atoms with Gasteiger partial charge in [-0.05, 0) is 35.0 Å². The molecule has 1 aliphatic heterocycles. The first kappa shape index (κ1) is 14.3. The van der Waals surface area contributed by atoms with E-state index in [2.05, 4.69) is 21.2 Å². The van der Waals surface area contributed by atoms with Crippen molar-refractivity contribution in [1.29, 1.82) is 0 Å². The number of ether oxygens (including phenoxy) is 1. The first-order valence-corrected chi connectivity index (χ1v) is 7.26. The number of benzene rings is 1. The van der Waals surface area contributed by atoms with E-state index in [1.165, 1.54) is 0 Å². The first-order chi connectivity index (χ1) is 8.65. The summed E-state index contributed by atoms with van der Waals surface area (Å²) in [5, 5.41) is 3.48. The van der Waals surface area contributed by atoms with Crippen LogP contribution < -0.4 is 5.32 Å². The Morgan fingerprint density at radius 2 is 2.39 bits per heavy atom. The first-order valence-electron chi connectivity index (χ1n) is 6.09. The van der Waals surface area contributed by atoms with E-state index in [1.807, 2.05) is 6.92 Å². The summed E-state index contributed by atoms with van der Waals surface area (Å²) in [5.74, 6) is -0.0411. The van der Waals surface area contributed by atoms with Gasteiger partial charge in [0.25, 0.3) is 0 Å². The standard InChI is InChI=1S/C13H16BrClFNO/c1-2-17-13(8-5-6-18-7-8)9-3-4-10(14)11(15)12(9)16/h3-4,8,13,17H,2,5-7H2,1H3. The highest BCUT2D eigenvalue weighted by Crippen LogP contribution is 2.35. The molecule has 1 saturated heterocycles. The van der Waals surface area contributed by atoms with E-state index in [4.69, 9.17) is 16.3 Å². The van der Waals surface area contributed by atoms with Gasteiger partial charge in [-0.15, -0.1) is 0 Å². The van der Waals surface area contributed by atoms with Crippen molar-refractivity contribution < 1.29 is 9.13 Å². The lowest BCUT2D eigenvalue weighted by Crippen LogP contribution is -2.29. The van der Waals surface area contributed by atoms with Crippen LogP contribution in [0.25, 0.3) is 0 Å². The van der Waals surface area contributed by atoms with Crippen LogP contribution in [0.4, 0.5) is 4.39 Å². The summed E-state index contributed by atoms with van der Waals surface area (Å²) in [4.78, 5) is 0. The Hall–Kier alpha value is -0.160. The van der Waals surface area contributed by atoms with Crippen molar-refractivity contribution in [3.05, 3.63) is 33.0 Å². The van der Waals surface area contributed by atoms with Crippen LogP contribution in [0.1, 0.15) is 24.9 Å². The zero-order valence-corrected chi connectivity index (χ0v) is 12.5. The highest BCUT2D eigenvalue weighted by atomic mass is 79.9. The molecule has 0 aliphatic carbocycles. The minimum Gasteiger partial charge on any atom is -0.381 e. The van der Waals surface area contributed by atoms with Gasteiger partial charge in [-0.3, -0.25) is 0 Å². The van der Waals surface area contributed by atoms with Gasteiger partial charge in [0.2, 0.25) is 0 Å². The van der Waals surface area contributed by atoms with Gasteiger partial charge in [-0.1, -0.05) is 24.6 Å². The molecule has 5 heteroatoms. The maximum absolute atomic E-state index is 14.2. The molecular formula is C13H16BrClFNO. The van der Waals surface area contributed by atoms with Crippen LogP contribution >= 0.6 is 27.5 Å². The van der Waals surface area contributed by atoms with Crippen LogP contribution in [0.3, 0.4) is 0 Å². The third-order valence-electron chi connectivity index (χ3n) is 3.26. The normalized spacial score (nSPS) is 21.2. The summed E-state index contributed by atoms with van der Waals surface area (Å²) in [7, 11) is 0. The van der Waals surface area contributed by atoms with Gasteiger partial charge in [-0.25, -0.2) is 4.39 Å². The van der Waals surface area contributed by atoms with Gasteiger partial charge < -0.3 is 10.1 Å². The average molecular weight is 337 g/mol. The van der Waals surface area contributed by atoms with E-state index in [0.717, 1.165) is 19.6 Å². The number of nitrogens with one attached hydrogen (secondary N) is 1. The molecular weight excluding hydrogens is 321 g/mol. The van der Waals surface area contributed by atoms with Crippen molar-refractivity contribution in [3.8, 4) is 0 Å². The van der Waals surface area contributed by atoms with E-state index in [-0.39, 0.29) is 16.9 Å². The SMILES string of the molecule is CCNC(c1ccc(Br)c(Cl)c1F)C1CCOC1. The molecule has 0 radical (unpaired) electrons. The van der Waals surface area contributed by atoms with Gasteiger partial charge in [-0.2, -0.15) is 0 Å². The molecule has 0 aromatic heterocycles. The number of hydrogen-bond acceptors (Lipinski definition) is 2. The maximum atomic E-state index is 14.2. The van der Waals surface area contributed by atoms with Crippen LogP contribution in [-0.4, -0.2) is 19.8 Å². The van der Waals surface area contributed by atoms with Gasteiger partial charge in [0, 0.05) is 28.6 Å². The molecule has 18 heavy (non-hydrogen) atoms.